The number of hydrogen-bond donors (Lipinski definition) is 4. The lowest BCUT2D eigenvalue weighted by atomic mass is 9.72. The van der Waals surface area contributed by atoms with Crippen LogP contribution in [-0.4, -0.2) is 84.4 Å². The molecule has 3 heterocycles. The van der Waals surface area contributed by atoms with Crippen molar-refractivity contribution in [3.8, 4) is 17.2 Å². The molecule has 1 aliphatic heterocycles. The normalized spacial score (nSPS) is 19.8. The second-order valence-electron chi connectivity index (χ2n) is 18.0. The number of aromatic amines is 1. The number of nitrogens with one attached hydrogen (secondary N) is 2. The summed E-state index contributed by atoms with van der Waals surface area (Å²) < 4.78 is 58.1. The fraction of sp³-hybridized carbons (Fsp3) is 0.404. The number of phosphoric ester groups is 1. The molecule has 4 N–H and O–H groups in total. The number of nitrogens with zero attached hydrogens (tertiary/aromatic N) is 3. The Balaban J connectivity index is 0.951. The van der Waals surface area contributed by atoms with Gasteiger partial charge in [-0.25, -0.2) is 22.7 Å². The summed E-state index contributed by atoms with van der Waals surface area (Å²) in [6.07, 6.45) is 8.42. The number of fused-ring (bicyclic) bond motifs is 1. The van der Waals surface area contributed by atoms with Crippen molar-refractivity contribution in [2.45, 2.75) is 76.7 Å². The highest BCUT2D eigenvalue weighted by atomic mass is 35.5. The summed E-state index contributed by atoms with van der Waals surface area (Å²) in [5.74, 6) is 0.378. The highest BCUT2D eigenvalue weighted by Crippen LogP contribution is 2.44. The first-order chi connectivity index (χ1) is 30.5. The Bertz CT molecular complexity index is 2690. The van der Waals surface area contributed by atoms with Gasteiger partial charge in [0.2, 0.25) is 0 Å². The van der Waals surface area contributed by atoms with Crippen LogP contribution in [0.2, 0.25) is 5.02 Å². The molecule has 0 bridgehead atoms. The number of H-pyrrole nitrogens is 1. The van der Waals surface area contributed by atoms with Crippen LogP contribution in [0.1, 0.15) is 80.3 Å². The average Bonchev–Trinajstić information content (AvgIpc) is 3.72. The highest BCUT2D eigenvalue weighted by molar-refractivity contribution is 7.90. The number of ether oxygens (including phenoxy) is 2. The number of aryl methyl sites for hydroxylation is 1. The zero-order valence-corrected chi connectivity index (χ0v) is 38.7. The molecule has 340 valence electrons. The van der Waals surface area contributed by atoms with Gasteiger partial charge in [-0.3, -0.25) is 14.2 Å². The summed E-state index contributed by atoms with van der Waals surface area (Å²) in [7, 11) is -8.86. The van der Waals surface area contributed by atoms with E-state index >= 15 is 0 Å². The molecule has 0 radical (unpaired) electrons. The molecule has 0 atom stereocenters. The molecule has 17 heteroatoms. The number of phosphoric acid groups is 1. The number of hydrogen-bond acceptors (Lipinski definition) is 10. The van der Waals surface area contributed by atoms with E-state index in [1.165, 1.54) is 28.8 Å². The van der Waals surface area contributed by atoms with Gasteiger partial charge in [-0.1, -0.05) is 43.2 Å². The highest BCUT2D eigenvalue weighted by Gasteiger charge is 2.31. The van der Waals surface area contributed by atoms with Gasteiger partial charge in [0.1, 0.15) is 22.9 Å². The molecular formula is C47H55ClN5O9PS. The van der Waals surface area contributed by atoms with Crippen molar-refractivity contribution < 1.29 is 41.6 Å². The predicted molar refractivity (Wildman–Crippen MR) is 247 cm³/mol. The second kappa shape index (κ2) is 19.0. The van der Waals surface area contributed by atoms with E-state index < -0.39 is 29.9 Å². The van der Waals surface area contributed by atoms with Gasteiger partial charge in [0, 0.05) is 61.1 Å². The van der Waals surface area contributed by atoms with Crippen LogP contribution in [0.5, 0.6) is 17.2 Å². The molecule has 3 aliphatic rings. The standard InChI is InChI=1S/C47H55ClN5O9PS/c1-31-24-40(13-15-43(31)60-30-32-4-11-38(12-5-32)62-63(55,56)57)64(58,59)51-46(54)41-14-10-37(26-44(41)61-39-25-34-17-19-49-45(34)50-28-39)53-22-20-52(21-23-53)29-35-16-18-47(2,3)27-42(35)33-6-8-36(48)9-7-33/h6-10,13-15,17,19,24-26,28,32,38H,4-5,11-12,16,18,20-23,27,29-30H2,1-3H3,(H,49,50)(H,51,54)(H2,55,56,57). The molecular weight excluding hydrogens is 877 g/mol. The van der Waals surface area contributed by atoms with Crippen LogP contribution in [0.3, 0.4) is 0 Å². The minimum atomic E-state index is -4.54. The van der Waals surface area contributed by atoms with Gasteiger partial charge in [0.05, 0.1) is 29.4 Å². The monoisotopic (exact) mass is 931 g/mol. The molecule has 0 unspecified atom stereocenters. The molecule has 2 aliphatic carbocycles. The Kier molecular flexibility index (Phi) is 13.6. The second-order valence-corrected chi connectivity index (χ2v) is 21.3. The van der Waals surface area contributed by atoms with E-state index in [1.807, 2.05) is 24.3 Å². The molecule has 0 spiro atoms. The van der Waals surface area contributed by atoms with Crippen LogP contribution in [0.25, 0.3) is 16.6 Å². The quantitative estimate of drug-likeness (QED) is 0.0776. The Morgan fingerprint density at radius 1 is 0.969 bits per heavy atom. The first kappa shape index (κ1) is 45.8. The van der Waals surface area contributed by atoms with Gasteiger partial charge in [-0.05, 0) is 134 Å². The molecule has 2 fully saturated rings. The fourth-order valence-electron chi connectivity index (χ4n) is 8.97. The Labute approximate surface area is 379 Å². The van der Waals surface area contributed by atoms with Crippen LogP contribution in [0.4, 0.5) is 5.69 Å². The smallest absolute Gasteiger partial charge is 0.469 e. The number of halogens is 1. The number of pyridine rings is 1. The Morgan fingerprint density at radius 2 is 1.72 bits per heavy atom. The lowest BCUT2D eigenvalue weighted by molar-refractivity contribution is 0.0785. The van der Waals surface area contributed by atoms with Crippen LogP contribution in [0.15, 0.2) is 95.7 Å². The van der Waals surface area contributed by atoms with Gasteiger partial charge in [0.25, 0.3) is 15.9 Å². The lowest BCUT2D eigenvalue weighted by Crippen LogP contribution is -2.47. The third-order valence-electron chi connectivity index (χ3n) is 12.6. The number of amides is 1. The SMILES string of the molecule is Cc1cc(S(=O)(=O)NC(=O)c2ccc(N3CCN(CC4=C(c5ccc(Cl)cc5)CC(C)(C)CC4)CC3)cc2Oc2cnc3[nH]ccc3c2)ccc1OCC1CCC(OP(=O)(O)O)CC1. The van der Waals surface area contributed by atoms with Crippen molar-refractivity contribution in [3.05, 3.63) is 112 Å². The summed E-state index contributed by atoms with van der Waals surface area (Å²) in [6, 6.07) is 21.5. The maximum absolute atomic E-state index is 14.0. The van der Waals surface area contributed by atoms with Gasteiger partial charge in [0.15, 0.2) is 0 Å². The van der Waals surface area contributed by atoms with E-state index in [0.29, 0.717) is 55.0 Å². The van der Waals surface area contributed by atoms with E-state index in [4.69, 9.17) is 35.4 Å². The lowest BCUT2D eigenvalue weighted by Gasteiger charge is -2.39. The van der Waals surface area contributed by atoms with Gasteiger partial charge in [-0.15, -0.1) is 0 Å². The van der Waals surface area contributed by atoms with Crippen molar-refractivity contribution >= 4 is 57.6 Å². The molecule has 3 aromatic carbocycles. The van der Waals surface area contributed by atoms with Gasteiger partial charge < -0.3 is 29.1 Å². The topological polar surface area (TPSA) is 184 Å². The van der Waals surface area contributed by atoms with E-state index in [0.717, 1.165) is 68.1 Å². The van der Waals surface area contributed by atoms with Crippen LogP contribution >= 0.6 is 19.4 Å². The number of piperazine rings is 1. The maximum atomic E-state index is 14.0. The molecule has 2 aromatic heterocycles. The average molecular weight is 932 g/mol. The molecule has 5 aromatic rings. The molecule has 14 nitrogen and oxygen atoms in total. The zero-order chi connectivity index (χ0) is 45.2. The number of carbonyl (C=O) groups is 1. The number of sulfonamides is 1. The van der Waals surface area contributed by atoms with Crippen molar-refractivity contribution in [1.29, 1.82) is 0 Å². The van der Waals surface area contributed by atoms with E-state index in [2.05, 4.69) is 50.5 Å². The largest absolute Gasteiger partial charge is 0.493 e. The summed E-state index contributed by atoms with van der Waals surface area (Å²) in [6.45, 7) is 10.8. The number of anilines is 1. The third kappa shape index (κ3) is 11.4. The van der Waals surface area contributed by atoms with Crippen molar-refractivity contribution in [3.63, 3.8) is 0 Å². The van der Waals surface area contributed by atoms with Crippen molar-refractivity contribution in [2.75, 3.05) is 44.2 Å². The molecule has 8 rings (SSSR count). The van der Waals surface area contributed by atoms with E-state index in [1.54, 1.807) is 43.6 Å². The van der Waals surface area contributed by atoms with E-state index in [-0.39, 0.29) is 27.5 Å². The molecule has 1 amide bonds. The van der Waals surface area contributed by atoms with Gasteiger partial charge >= 0.3 is 7.82 Å². The maximum Gasteiger partial charge on any atom is 0.469 e. The minimum absolute atomic E-state index is 0.0413. The third-order valence-corrected chi connectivity index (χ3v) is 14.7. The van der Waals surface area contributed by atoms with Crippen LogP contribution in [-0.2, 0) is 19.1 Å². The van der Waals surface area contributed by atoms with Crippen molar-refractivity contribution in [2.24, 2.45) is 11.3 Å². The number of rotatable bonds is 14. The van der Waals surface area contributed by atoms with Gasteiger partial charge in [-0.2, -0.15) is 0 Å². The number of carbonyl (C=O) groups excluding carboxylic acids is 1. The first-order valence-electron chi connectivity index (χ1n) is 21.7. The Hall–Kier alpha value is -4.73. The van der Waals surface area contributed by atoms with E-state index in [9.17, 15) is 17.8 Å². The number of allylic oxidation sites excluding steroid dienone is 1. The summed E-state index contributed by atoms with van der Waals surface area (Å²) in [4.78, 5) is 44.4. The summed E-state index contributed by atoms with van der Waals surface area (Å²) in [5, 5.41) is 1.55. The fourth-order valence-corrected chi connectivity index (χ4v) is 10.7. The zero-order valence-electron chi connectivity index (χ0n) is 36.3. The van der Waals surface area contributed by atoms with Crippen LogP contribution in [0, 0.1) is 18.3 Å². The molecule has 1 saturated carbocycles. The Morgan fingerprint density at radius 3 is 2.44 bits per heavy atom. The summed E-state index contributed by atoms with van der Waals surface area (Å²) >= 11 is 6.25. The minimum Gasteiger partial charge on any atom is -0.493 e. The van der Waals surface area contributed by atoms with Crippen molar-refractivity contribution in [1.82, 2.24) is 19.6 Å². The van der Waals surface area contributed by atoms with Crippen LogP contribution < -0.4 is 19.1 Å². The number of benzene rings is 3. The summed E-state index contributed by atoms with van der Waals surface area (Å²) in [5.41, 5.74) is 6.51. The molecule has 1 saturated heterocycles. The molecule has 64 heavy (non-hydrogen) atoms. The number of aromatic nitrogens is 2. The first-order valence-corrected chi connectivity index (χ1v) is 25.1. The predicted octanol–water partition coefficient (Wildman–Crippen LogP) is 9.27.